The number of hydrogen-bond donors (Lipinski definition) is 1. The van der Waals surface area contributed by atoms with Crippen LogP contribution in [0.2, 0.25) is 0 Å². The Morgan fingerprint density at radius 1 is 1.14 bits per heavy atom. The van der Waals surface area contributed by atoms with Crippen molar-refractivity contribution in [3.05, 3.63) is 55.1 Å². The van der Waals surface area contributed by atoms with Crippen molar-refractivity contribution in [3.63, 3.8) is 0 Å². The second-order valence-electron chi connectivity index (χ2n) is 8.98. The maximum atomic E-state index is 12.3. The maximum absolute atomic E-state index is 12.3. The lowest BCUT2D eigenvalue weighted by molar-refractivity contribution is -0.128. The largest absolute Gasteiger partial charge is 0.497 e. The zero-order chi connectivity index (χ0) is 24.7. The number of likely N-dealkylation sites (tertiary alicyclic amines) is 1. The van der Waals surface area contributed by atoms with E-state index in [2.05, 4.69) is 22.7 Å². The number of methoxy groups -OCH3 is 1. The number of nitrogen functional groups attached to an aromatic ring is 1. The van der Waals surface area contributed by atoms with Crippen molar-refractivity contribution < 1.29 is 9.53 Å². The number of fused-ring (bicyclic) bond motifs is 1. The minimum absolute atomic E-state index is 0.0305. The van der Waals surface area contributed by atoms with Gasteiger partial charge in [-0.25, -0.2) is 9.97 Å². The van der Waals surface area contributed by atoms with Gasteiger partial charge < -0.3 is 19.9 Å². The second-order valence-corrected chi connectivity index (χ2v) is 8.98. The number of anilines is 1. The fourth-order valence-electron chi connectivity index (χ4n) is 4.92. The SMILES string of the molecule is C=C(C)C(=O)N1CCC(n2cc(-c3c(-c4ccc(OC)cc4)c4c(N)ncnc4n3C)cn2)CC1. The number of ether oxygens (including phenoxy) is 1. The van der Waals surface area contributed by atoms with E-state index in [-0.39, 0.29) is 11.9 Å². The van der Waals surface area contributed by atoms with Crippen LogP contribution >= 0.6 is 0 Å². The number of rotatable bonds is 5. The molecule has 2 N–H and O–H groups in total. The summed E-state index contributed by atoms with van der Waals surface area (Å²) in [7, 11) is 3.63. The normalized spacial score (nSPS) is 14.4. The highest BCUT2D eigenvalue weighted by atomic mass is 16.5. The van der Waals surface area contributed by atoms with E-state index in [0.717, 1.165) is 52.0 Å². The fourth-order valence-corrected chi connectivity index (χ4v) is 4.92. The topological polar surface area (TPSA) is 104 Å². The summed E-state index contributed by atoms with van der Waals surface area (Å²) < 4.78 is 9.41. The number of nitrogens with two attached hydrogens (primary N) is 1. The molecule has 1 aliphatic rings. The van der Waals surface area contributed by atoms with Crippen LogP contribution in [0, 0.1) is 0 Å². The van der Waals surface area contributed by atoms with Crippen LogP contribution in [0.5, 0.6) is 5.75 Å². The standard InChI is InChI=1S/C26H29N7O2/c1-16(2)26(34)32-11-9-19(10-12-32)33-14-18(13-30-33)23-21(17-5-7-20(35-4)8-6-17)22-24(27)28-15-29-25(22)31(23)3/h5-8,13-15,19H,1,9-12H2,2-4H3,(H2,27,28,29). The maximum Gasteiger partial charge on any atom is 0.248 e. The van der Waals surface area contributed by atoms with Gasteiger partial charge in [-0.1, -0.05) is 18.7 Å². The first kappa shape index (κ1) is 22.6. The summed E-state index contributed by atoms with van der Waals surface area (Å²) in [5.41, 5.74) is 11.6. The van der Waals surface area contributed by atoms with Gasteiger partial charge >= 0.3 is 0 Å². The lowest BCUT2D eigenvalue weighted by atomic mass is 10.00. The number of nitrogens with zero attached hydrogens (tertiary/aromatic N) is 6. The number of benzene rings is 1. The highest BCUT2D eigenvalue weighted by molar-refractivity contribution is 6.07. The second kappa shape index (κ2) is 8.90. The molecule has 0 bridgehead atoms. The summed E-state index contributed by atoms with van der Waals surface area (Å²) in [6, 6.07) is 8.12. The summed E-state index contributed by atoms with van der Waals surface area (Å²) in [5, 5.41) is 5.53. The van der Waals surface area contributed by atoms with Gasteiger partial charge in [0.15, 0.2) is 0 Å². The van der Waals surface area contributed by atoms with Gasteiger partial charge in [0.25, 0.3) is 0 Å². The number of piperidine rings is 1. The molecule has 1 aliphatic heterocycles. The molecule has 0 aliphatic carbocycles. The smallest absolute Gasteiger partial charge is 0.248 e. The van der Waals surface area contributed by atoms with E-state index in [4.69, 9.17) is 15.6 Å². The highest BCUT2D eigenvalue weighted by Gasteiger charge is 2.26. The van der Waals surface area contributed by atoms with Crippen LogP contribution in [0.4, 0.5) is 5.82 Å². The molecule has 5 rings (SSSR count). The zero-order valence-corrected chi connectivity index (χ0v) is 20.2. The number of hydrogen-bond acceptors (Lipinski definition) is 6. The number of aryl methyl sites for hydroxylation is 1. The summed E-state index contributed by atoms with van der Waals surface area (Å²) in [6.45, 7) is 6.94. The lowest BCUT2D eigenvalue weighted by Crippen LogP contribution is -2.39. The third kappa shape index (κ3) is 3.92. The first-order valence-corrected chi connectivity index (χ1v) is 11.6. The molecular weight excluding hydrogens is 442 g/mol. The summed E-state index contributed by atoms with van der Waals surface area (Å²) in [6.07, 6.45) is 7.14. The molecule has 1 amide bonds. The fraction of sp³-hybridized carbons (Fsp3) is 0.308. The van der Waals surface area contributed by atoms with E-state index in [1.54, 1.807) is 14.0 Å². The molecule has 0 radical (unpaired) electrons. The molecule has 35 heavy (non-hydrogen) atoms. The van der Waals surface area contributed by atoms with Crippen LogP contribution in [0.25, 0.3) is 33.4 Å². The van der Waals surface area contributed by atoms with E-state index < -0.39 is 0 Å². The van der Waals surface area contributed by atoms with E-state index in [9.17, 15) is 4.79 Å². The molecule has 4 aromatic rings. The quantitative estimate of drug-likeness (QED) is 0.444. The van der Waals surface area contributed by atoms with Gasteiger partial charge in [0.1, 0.15) is 23.5 Å². The predicted molar refractivity (Wildman–Crippen MR) is 136 cm³/mol. The minimum Gasteiger partial charge on any atom is -0.497 e. The molecule has 1 aromatic carbocycles. The third-order valence-electron chi connectivity index (χ3n) is 6.74. The summed E-state index contributed by atoms with van der Waals surface area (Å²) in [4.78, 5) is 22.9. The number of amides is 1. The molecule has 180 valence electrons. The van der Waals surface area contributed by atoms with Gasteiger partial charge in [-0.15, -0.1) is 0 Å². The van der Waals surface area contributed by atoms with Crippen LogP contribution in [-0.4, -0.2) is 55.3 Å². The minimum atomic E-state index is 0.0305. The third-order valence-corrected chi connectivity index (χ3v) is 6.74. The van der Waals surface area contributed by atoms with Crippen molar-refractivity contribution in [2.45, 2.75) is 25.8 Å². The molecule has 4 heterocycles. The highest BCUT2D eigenvalue weighted by Crippen LogP contribution is 2.42. The van der Waals surface area contributed by atoms with E-state index in [1.807, 2.05) is 51.7 Å². The molecule has 0 spiro atoms. The van der Waals surface area contributed by atoms with Crippen molar-refractivity contribution in [2.75, 3.05) is 25.9 Å². The average molecular weight is 472 g/mol. The Hall–Kier alpha value is -4.14. The van der Waals surface area contributed by atoms with Crippen molar-refractivity contribution in [1.29, 1.82) is 0 Å². The molecule has 1 fully saturated rings. The summed E-state index contributed by atoms with van der Waals surface area (Å²) >= 11 is 0. The van der Waals surface area contributed by atoms with Crippen LogP contribution < -0.4 is 10.5 Å². The van der Waals surface area contributed by atoms with Gasteiger partial charge in [-0.3, -0.25) is 9.48 Å². The molecule has 3 aromatic heterocycles. The van der Waals surface area contributed by atoms with Gasteiger partial charge in [0.05, 0.1) is 30.4 Å². The van der Waals surface area contributed by atoms with Crippen LogP contribution in [-0.2, 0) is 11.8 Å². The lowest BCUT2D eigenvalue weighted by Gasteiger charge is -2.32. The molecule has 9 heteroatoms. The Labute approximate surface area is 203 Å². The van der Waals surface area contributed by atoms with Crippen LogP contribution in [0.1, 0.15) is 25.8 Å². The predicted octanol–water partition coefficient (Wildman–Crippen LogP) is 3.83. The molecule has 0 unspecified atom stereocenters. The van der Waals surface area contributed by atoms with Crippen LogP contribution in [0.3, 0.4) is 0 Å². The Balaban J connectivity index is 1.54. The number of carbonyl (C=O) groups excluding carboxylic acids is 1. The Morgan fingerprint density at radius 2 is 1.86 bits per heavy atom. The Bertz CT molecular complexity index is 1410. The van der Waals surface area contributed by atoms with E-state index >= 15 is 0 Å². The summed E-state index contributed by atoms with van der Waals surface area (Å²) in [5.74, 6) is 1.25. The van der Waals surface area contributed by atoms with Gasteiger partial charge in [-0.2, -0.15) is 5.10 Å². The molecule has 1 saturated heterocycles. The van der Waals surface area contributed by atoms with Crippen molar-refractivity contribution in [1.82, 2.24) is 29.2 Å². The average Bonchev–Trinajstić information content (AvgIpc) is 3.47. The molecule has 0 saturated carbocycles. The van der Waals surface area contributed by atoms with Crippen molar-refractivity contribution >= 4 is 22.8 Å². The van der Waals surface area contributed by atoms with Crippen LogP contribution in [0.15, 0.2) is 55.1 Å². The Kier molecular flexibility index (Phi) is 5.76. The zero-order valence-electron chi connectivity index (χ0n) is 20.2. The van der Waals surface area contributed by atoms with Gasteiger partial charge in [-0.05, 0) is 37.5 Å². The molecular formula is C26H29N7O2. The van der Waals surface area contributed by atoms with Gasteiger partial charge in [0.2, 0.25) is 5.91 Å². The first-order valence-electron chi connectivity index (χ1n) is 11.6. The monoisotopic (exact) mass is 471 g/mol. The van der Waals surface area contributed by atoms with Gasteiger partial charge in [0, 0.05) is 43.0 Å². The Morgan fingerprint density at radius 3 is 2.51 bits per heavy atom. The molecule has 0 atom stereocenters. The first-order chi connectivity index (χ1) is 16.9. The van der Waals surface area contributed by atoms with Crippen molar-refractivity contribution in [2.24, 2.45) is 7.05 Å². The molecule has 9 nitrogen and oxygen atoms in total. The van der Waals surface area contributed by atoms with E-state index in [0.29, 0.717) is 24.5 Å². The number of aromatic nitrogens is 5. The van der Waals surface area contributed by atoms with E-state index in [1.165, 1.54) is 6.33 Å². The van der Waals surface area contributed by atoms with Crippen molar-refractivity contribution in [3.8, 4) is 28.1 Å². The number of carbonyl (C=O) groups is 1.